The number of nitrogens with zero attached hydrogens (tertiary/aromatic N) is 5. The fraction of sp³-hybridized carbons (Fsp3) is 0.583. The van der Waals surface area contributed by atoms with E-state index in [-0.39, 0.29) is 6.61 Å². The van der Waals surface area contributed by atoms with Crippen molar-refractivity contribution < 1.29 is 5.11 Å². The highest BCUT2D eigenvalue weighted by Gasteiger charge is 2.29. The normalized spacial score (nSPS) is 15.2. The molecule has 108 valence electrons. The number of hydrogen-bond donors (Lipinski definition) is 3. The Hall–Kier alpha value is -1.77. The highest BCUT2D eigenvalue weighted by Crippen LogP contribution is 2.28. The van der Waals surface area contributed by atoms with Gasteiger partial charge in [-0.05, 0) is 12.8 Å². The first kappa shape index (κ1) is 13.2. The molecule has 4 N–H and O–H groups in total. The molecule has 8 heteroatoms. The topological polar surface area (TPSA) is 105 Å². The van der Waals surface area contributed by atoms with Crippen LogP contribution in [0.15, 0.2) is 6.20 Å². The van der Waals surface area contributed by atoms with Crippen LogP contribution in [0.25, 0.3) is 11.0 Å². The van der Waals surface area contributed by atoms with E-state index in [9.17, 15) is 0 Å². The summed E-state index contributed by atoms with van der Waals surface area (Å²) in [5.41, 5.74) is 3.35. The van der Waals surface area contributed by atoms with E-state index in [0.717, 1.165) is 11.0 Å². The zero-order valence-electron chi connectivity index (χ0n) is 11.5. The first-order valence-electron chi connectivity index (χ1n) is 6.73. The second kappa shape index (κ2) is 5.31. The van der Waals surface area contributed by atoms with Crippen LogP contribution in [0.3, 0.4) is 0 Å². The molecule has 1 aliphatic carbocycles. The molecule has 1 aliphatic rings. The van der Waals surface area contributed by atoms with Crippen LogP contribution in [-0.4, -0.2) is 48.9 Å². The van der Waals surface area contributed by atoms with Crippen molar-refractivity contribution in [2.24, 2.45) is 12.9 Å². The fourth-order valence-corrected chi connectivity index (χ4v) is 2.39. The van der Waals surface area contributed by atoms with Crippen molar-refractivity contribution in [3.63, 3.8) is 0 Å². The number of aliphatic hydroxyl groups excluding tert-OH is 1. The van der Waals surface area contributed by atoms with E-state index >= 15 is 0 Å². The number of aromatic nitrogens is 4. The second-order valence-electron chi connectivity index (χ2n) is 5.06. The van der Waals surface area contributed by atoms with E-state index < -0.39 is 0 Å². The van der Waals surface area contributed by atoms with Gasteiger partial charge in [0.2, 0.25) is 0 Å². The summed E-state index contributed by atoms with van der Waals surface area (Å²) in [6.45, 7) is 1.40. The van der Waals surface area contributed by atoms with Crippen molar-refractivity contribution >= 4 is 16.9 Å². The number of hydrazine groups is 1. The number of nitrogen functional groups attached to an aromatic ring is 1. The standard InChI is InChI=1S/C12H19N7O/c1-18-12-9(6-14-18)11(17-13)15-10(16-12)7-19(4-5-20)8-2-3-8/h6,8,20H,2-5,7,13H2,1H3,(H,15,16,17). The number of aliphatic hydroxyl groups is 1. The molecule has 0 amide bonds. The van der Waals surface area contributed by atoms with Crippen molar-refractivity contribution in [2.75, 3.05) is 18.6 Å². The van der Waals surface area contributed by atoms with Gasteiger partial charge in [0.05, 0.1) is 24.7 Å². The van der Waals surface area contributed by atoms with Crippen molar-refractivity contribution in [3.8, 4) is 0 Å². The molecule has 2 aromatic heterocycles. The molecule has 3 rings (SSSR count). The Balaban J connectivity index is 1.92. The van der Waals surface area contributed by atoms with Crippen LogP contribution >= 0.6 is 0 Å². The van der Waals surface area contributed by atoms with Crippen LogP contribution < -0.4 is 11.3 Å². The number of aryl methyl sites for hydroxylation is 1. The maximum absolute atomic E-state index is 9.15. The molecule has 8 nitrogen and oxygen atoms in total. The molecule has 0 aromatic carbocycles. The Morgan fingerprint density at radius 3 is 2.95 bits per heavy atom. The summed E-state index contributed by atoms with van der Waals surface area (Å²) >= 11 is 0. The Morgan fingerprint density at radius 2 is 2.30 bits per heavy atom. The van der Waals surface area contributed by atoms with Crippen LogP contribution in [0.2, 0.25) is 0 Å². The van der Waals surface area contributed by atoms with Crippen LogP contribution in [0.1, 0.15) is 18.7 Å². The van der Waals surface area contributed by atoms with E-state index in [1.54, 1.807) is 10.9 Å². The third-order valence-corrected chi connectivity index (χ3v) is 3.57. The molecule has 2 aromatic rings. The van der Waals surface area contributed by atoms with Gasteiger partial charge in [-0.2, -0.15) is 5.10 Å². The van der Waals surface area contributed by atoms with Gasteiger partial charge in [-0.1, -0.05) is 0 Å². The van der Waals surface area contributed by atoms with E-state index in [1.165, 1.54) is 12.8 Å². The van der Waals surface area contributed by atoms with Gasteiger partial charge in [-0.25, -0.2) is 15.8 Å². The predicted octanol–water partition coefficient (Wildman–Crippen LogP) is -0.394. The summed E-state index contributed by atoms with van der Waals surface area (Å²) in [4.78, 5) is 11.2. The number of hydrogen-bond acceptors (Lipinski definition) is 7. The Morgan fingerprint density at radius 1 is 1.50 bits per heavy atom. The number of anilines is 1. The lowest BCUT2D eigenvalue weighted by Crippen LogP contribution is -2.29. The smallest absolute Gasteiger partial charge is 0.163 e. The first-order chi connectivity index (χ1) is 9.72. The molecule has 0 spiro atoms. The molecule has 0 aliphatic heterocycles. The summed E-state index contributed by atoms with van der Waals surface area (Å²) in [5.74, 6) is 6.80. The summed E-state index contributed by atoms with van der Waals surface area (Å²) in [7, 11) is 1.84. The molecule has 0 atom stereocenters. The first-order valence-corrected chi connectivity index (χ1v) is 6.73. The van der Waals surface area contributed by atoms with Gasteiger partial charge in [-0.15, -0.1) is 0 Å². The molecule has 2 heterocycles. The lowest BCUT2D eigenvalue weighted by atomic mass is 10.3. The highest BCUT2D eigenvalue weighted by molar-refractivity contribution is 5.86. The van der Waals surface area contributed by atoms with Gasteiger partial charge >= 0.3 is 0 Å². The van der Waals surface area contributed by atoms with Gasteiger partial charge in [0.1, 0.15) is 5.82 Å². The summed E-state index contributed by atoms with van der Waals surface area (Å²) in [5, 5.41) is 14.1. The van der Waals surface area contributed by atoms with Gasteiger partial charge in [0.15, 0.2) is 11.5 Å². The summed E-state index contributed by atoms with van der Waals surface area (Å²) < 4.78 is 1.70. The minimum absolute atomic E-state index is 0.145. The molecule has 0 bridgehead atoms. The number of rotatable bonds is 6. The summed E-state index contributed by atoms with van der Waals surface area (Å²) in [6, 6.07) is 0.544. The van der Waals surface area contributed by atoms with Crippen molar-refractivity contribution in [1.29, 1.82) is 0 Å². The maximum atomic E-state index is 9.15. The average molecular weight is 277 g/mol. The van der Waals surface area contributed by atoms with Crippen molar-refractivity contribution in [2.45, 2.75) is 25.4 Å². The highest BCUT2D eigenvalue weighted by atomic mass is 16.3. The Labute approximate surface area is 116 Å². The van der Waals surface area contributed by atoms with Gasteiger partial charge < -0.3 is 10.5 Å². The number of nitrogens with one attached hydrogen (secondary N) is 1. The van der Waals surface area contributed by atoms with E-state index in [2.05, 4.69) is 25.4 Å². The second-order valence-corrected chi connectivity index (χ2v) is 5.06. The maximum Gasteiger partial charge on any atom is 0.163 e. The van der Waals surface area contributed by atoms with Gasteiger partial charge in [0.25, 0.3) is 0 Å². The lowest BCUT2D eigenvalue weighted by Gasteiger charge is -2.20. The Kier molecular flexibility index (Phi) is 3.51. The quantitative estimate of drug-likeness (QED) is 0.487. The molecule has 1 fully saturated rings. The van der Waals surface area contributed by atoms with E-state index in [1.807, 2.05) is 7.05 Å². The van der Waals surface area contributed by atoms with Crippen LogP contribution in [0.5, 0.6) is 0 Å². The minimum atomic E-state index is 0.145. The molecule has 1 saturated carbocycles. The number of nitrogens with two attached hydrogens (primary N) is 1. The van der Waals surface area contributed by atoms with Crippen molar-refractivity contribution in [3.05, 3.63) is 12.0 Å². The van der Waals surface area contributed by atoms with Crippen LogP contribution in [0, 0.1) is 0 Å². The zero-order valence-corrected chi connectivity index (χ0v) is 11.5. The monoisotopic (exact) mass is 277 g/mol. The third-order valence-electron chi connectivity index (χ3n) is 3.57. The SMILES string of the molecule is Cn1ncc2c(NN)nc(CN(CCO)C3CC3)nc21. The molecule has 0 saturated heterocycles. The number of fused-ring (bicyclic) bond motifs is 1. The molecular formula is C12H19N7O. The van der Waals surface area contributed by atoms with Crippen LogP contribution in [-0.2, 0) is 13.6 Å². The molecular weight excluding hydrogens is 258 g/mol. The third kappa shape index (κ3) is 2.45. The zero-order chi connectivity index (χ0) is 14.1. The largest absolute Gasteiger partial charge is 0.395 e. The minimum Gasteiger partial charge on any atom is -0.395 e. The van der Waals surface area contributed by atoms with Gasteiger partial charge in [-0.3, -0.25) is 9.58 Å². The van der Waals surface area contributed by atoms with E-state index in [0.29, 0.717) is 30.8 Å². The fourth-order valence-electron chi connectivity index (χ4n) is 2.39. The van der Waals surface area contributed by atoms with E-state index in [4.69, 9.17) is 10.9 Å². The van der Waals surface area contributed by atoms with Gasteiger partial charge in [0, 0.05) is 19.6 Å². The molecule has 20 heavy (non-hydrogen) atoms. The molecule has 0 unspecified atom stereocenters. The molecule has 0 radical (unpaired) electrons. The predicted molar refractivity (Wildman–Crippen MR) is 74.6 cm³/mol. The van der Waals surface area contributed by atoms with Crippen molar-refractivity contribution in [1.82, 2.24) is 24.6 Å². The van der Waals surface area contributed by atoms with Crippen LogP contribution in [0.4, 0.5) is 5.82 Å². The average Bonchev–Trinajstić information content (AvgIpc) is 3.23. The Bertz CT molecular complexity index is 607. The lowest BCUT2D eigenvalue weighted by molar-refractivity contribution is 0.180. The summed E-state index contributed by atoms with van der Waals surface area (Å²) in [6.07, 6.45) is 4.05.